The molecule has 23 heavy (non-hydrogen) atoms. The van der Waals surface area contributed by atoms with E-state index in [4.69, 9.17) is 9.26 Å². The quantitative estimate of drug-likeness (QED) is 0.673. The lowest BCUT2D eigenvalue weighted by molar-refractivity contribution is 0.0526. The summed E-state index contributed by atoms with van der Waals surface area (Å²) >= 11 is 0. The van der Waals surface area contributed by atoms with Crippen molar-refractivity contribution in [2.24, 2.45) is 0 Å². The molecule has 3 rings (SSSR count). The van der Waals surface area contributed by atoms with E-state index in [9.17, 15) is 9.18 Å². The Morgan fingerprint density at radius 1 is 1.13 bits per heavy atom. The zero-order chi connectivity index (χ0) is 16.2. The number of aromatic nitrogens is 1. The van der Waals surface area contributed by atoms with Crippen molar-refractivity contribution in [3.05, 3.63) is 66.0 Å². The summed E-state index contributed by atoms with van der Waals surface area (Å²) in [4.78, 5) is 11.8. The van der Waals surface area contributed by atoms with Crippen LogP contribution in [0.15, 0.2) is 59.1 Å². The van der Waals surface area contributed by atoms with Crippen LogP contribution in [-0.4, -0.2) is 17.7 Å². The number of carbonyl (C=O) groups excluding carboxylic acids is 1. The first-order valence-electron chi connectivity index (χ1n) is 7.17. The molecule has 0 radical (unpaired) electrons. The molecule has 0 saturated heterocycles. The number of benzene rings is 2. The Kier molecular flexibility index (Phi) is 4.19. The number of halogens is 1. The average Bonchev–Trinajstić information content (AvgIpc) is 3.05. The van der Waals surface area contributed by atoms with Crippen molar-refractivity contribution in [2.75, 3.05) is 6.61 Å². The third kappa shape index (κ3) is 3.29. The predicted molar refractivity (Wildman–Crippen MR) is 83.3 cm³/mol. The summed E-state index contributed by atoms with van der Waals surface area (Å²) in [5.74, 6) is -0.231. The standard InChI is InChI=1S/C18H14FNO3/c1-2-22-18(21)14-7-3-6-13(9-14)17-11-16(20-23-17)12-5-4-8-15(19)10-12/h3-11H,2H2,1H3. The molecule has 5 heteroatoms. The van der Waals surface area contributed by atoms with Crippen LogP contribution in [0.4, 0.5) is 4.39 Å². The van der Waals surface area contributed by atoms with Crippen LogP contribution in [0, 0.1) is 5.82 Å². The molecule has 116 valence electrons. The second-order valence-corrected chi connectivity index (χ2v) is 4.89. The molecule has 0 spiro atoms. The van der Waals surface area contributed by atoms with Gasteiger partial charge in [-0.3, -0.25) is 0 Å². The highest BCUT2D eigenvalue weighted by atomic mass is 19.1. The van der Waals surface area contributed by atoms with Crippen molar-refractivity contribution in [2.45, 2.75) is 6.92 Å². The van der Waals surface area contributed by atoms with E-state index in [1.54, 1.807) is 49.4 Å². The molecule has 0 atom stereocenters. The highest BCUT2D eigenvalue weighted by Crippen LogP contribution is 2.27. The maximum Gasteiger partial charge on any atom is 0.338 e. The summed E-state index contributed by atoms with van der Waals surface area (Å²) in [7, 11) is 0. The SMILES string of the molecule is CCOC(=O)c1cccc(-c2cc(-c3cccc(F)c3)no2)c1. The van der Waals surface area contributed by atoms with Crippen molar-refractivity contribution in [3.8, 4) is 22.6 Å². The lowest BCUT2D eigenvalue weighted by atomic mass is 10.1. The summed E-state index contributed by atoms with van der Waals surface area (Å²) < 4.78 is 23.6. The third-order valence-electron chi connectivity index (χ3n) is 3.29. The van der Waals surface area contributed by atoms with Gasteiger partial charge in [0.25, 0.3) is 0 Å². The van der Waals surface area contributed by atoms with Crippen LogP contribution in [0.1, 0.15) is 17.3 Å². The Labute approximate surface area is 132 Å². The van der Waals surface area contributed by atoms with E-state index < -0.39 is 0 Å². The molecule has 3 aromatic rings. The monoisotopic (exact) mass is 311 g/mol. The van der Waals surface area contributed by atoms with Crippen LogP contribution in [-0.2, 0) is 4.74 Å². The van der Waals surface area contributed by atoms with E-state index in [2.05, 4.69) is 5.16 Å². The zero-order valence-corrected chi connectivity index (χ0v) is 12.5. The number of nitrogens with zero attached hydrogens (tertiary/aromatic N) is 1. The normalized spacial score (nSPS) is 10.5. The lowest BCUT2D eigenvalue weighted by Gasteiger charge is -2.02. The molecule has 0 aliphatic rings. The van der Waals surface area contributed by atoms with Crippen LogP contribution in [0.2, 0.25) is 0 Å². The Hall–Kier alpha value is -2.95. The van der Waals surface area contributed by atoms with Crippen molar-refractivity contribution in [3.63, 3.8) is 0 Å². The van der Waals surface area contributed by atoms with Crippen molar-refractivity contribution < 1.29 is 18.4 Å². The predicted octanol–water partition coefficient (Wildman–Crippen LogP) is 4.32. The second-order valence-electron chi connectivity index (χ2n) is 4.89. The molecule has 1 aromatic heterocycles. The van der Waals surface area contributed by atoms with E-state index in [1.807, 2.05) is 0 Å². The molecule has 0 bridgehead atoms. The first-order chi connectivity index (χ1) is 11.2. The Balaban J connectivity index is 1.91. The van der Waals surface area contributed by atoms with Gasteiger partial charge in [0.2, 0.25) is 0 Å². The van der Waals surface area contributed by atoms with E-state index >= 15 is 0 Å². The van der Waals surface area contributed by atoms with Gasteiger partial charge in [0.15, 0.2) is 5.76 Å². The number of ether oxygens (including phenoxy) is 1. The van der Waals surface area contributed by atoms with Crippen molar-refractivity contribution >= 4 is 5.97 Å². The van der Waals surface area contributed by atoms with Crippen LogP contribution >= 0.6 is 0 Å². The second kappa shape index (κ2) is 6.44. The van der Waals surface area contributed by atoms with Gasteiger partial charge in [-0.25, -0.2) is 9.18 Å². The number of hydrogen-bond acceptors (Lipinski definition) is 4. The maximum absolute atomic E-state index is 13.3. The fraction of sp³-hybridized carbons (Fsp3) is 0.111. The number of esters is 1. The number of rotatable bonds is 4. The van der Waals surface area contributed by atoms with Gasteiger partial charge in [-0.05, 0) is 31.2 Å². The van der Waals surface area contributed by atoms with Gasteiger partial charge in [0, 0.05) is 17.2 Å². The summed E-state index contributed by atoms with van der Waals surface area (Å²) in [6.45, 7) is 2.07. The van der Waals surface area contributed by atoms with Gasteiger partial charge in [-0.15, -0.1) is 0 Å². The van der Waals surface area contributed by atoms with Crippen LogP contribution in [0.5, 0.6) is 0 Å². The van der Waals surface area contributed by atoms with Crippen LogP contribution < -0.4 is 0 Å². The first-order valence-corrected chi connectivity index (χ1v) is 7.17. The highest BCUT2D eigenvalue weighted by Gasteiger charge is 2.12. The van der Waals surface area contributed by atoms with Gasteiger partial charge in [0.1, 0.15) is 11.5 Å². The average molecular weight is 311 g/mol. The van der Waals surface area contributed by atoms with Crippen LogP contribution in [0.3, 0.4) is 0 Å². The Bertz CT molecular complexity index is 842. The zero-order valence-electron chi connectivity index (χ0n) is 12.5. The lowest BCUT2D eigenvalue weighted by Crippen LogP contribution is -2.04. The van der Waals surface area contributed by atoms with E-state index in [1.165, 1.54) is 12.1 Å². The molecule has 0 aliphatic carbocycles. The highest BCUT2D eigenvalue weighted by molar-refractivity contribution is 5.90. The maximum atomic E-state index is 13.3. The summed E-state index contributed by atoms with van der Waals surface area (Å²) in [5, 5.41) is 3.96. The fourth-order valence-electron chi connectivity index (χ4n) is 2.21. The van der Waals surface area contributed by atoms with Gasteiger partial charge in [-0.1, -0.05) is 29.4 Å². The molecule has 0 fully saturated rings. The minimum Gasteiger partial charge on any atom is -0.462 e. The number of carbonyl (C=O) groups is 1. The summed E-state index contributed by atoms with van der Waals surface area (Å²) in [5.41, 5.74) is 2.29. The van der Waals surface area contributed by atoms with Crippen molar-refractivity contribution in [1.82, 2.24) is 5.16 Å². The van der Waals surface area contributed by atoms with E-state index in [0.29, 0.717) is 34.8 Å². The van der Waals surface area contributed by atoms with Gasteiger partial charge in [0.05, 0.1) is 12.2 Å². The Morgan fingerprint density at radius 2 is 1.91 bits per heavy atom. The van der Waals surface area contributed by atoms with Crippen molar-refractivity contribution in [1.29, 1.82) is 0 Å². The molecule has 0 amide bonds. The largest absolute Gasteiger partial charge is 0.462 e. The minimum atomic E-state index is -0.390. The minimum absolute atomic E-state index is 0.315. The summed E-state index contributed by atoms with van der Waals surface area (Å²) in [6, 6.07) is 14.7. The molecule has 0 aliphatic heterocycles. The fourth-order valence-corrected chi connectivity index (χ4v) is 2.21. The smallest absolute Gasteiger partial charge is 0.338 e. The van der Waals surface area contributed by atoms with Gasteiger partial charge < -0.3 is 9.26 Å². The molecule has 0 N–H and O–H groups in total. The molecule has 1 heterocycles. The van der Waals surface area contributed by atoms with E-state index in [-0.39, 0.29) is 11.8 Å². The molecule has 0 unspecified atom stereocenters. The van der Waals surface area contributed by atoms with E-state index in [0.717, 1.165) is 0 Å². The summed E-state index contributed by atoms with van der Waals surface area (Å²) in [6.07, 6.45) is 0. The first kappa shape index (κ1) is 15.0. The molecule has 0 saturated carbocycles. The third-order valence-corrected chi connectivity index (χ3v) is 3.29. The molecular formula is C18H14FNO3. The van der Waals surface area contributed by atoms with Gasteiger partial charge >= 0.3 is 5.97 Å². The molecular weight excluding hydrogens is 297 g/mol. The molecule has 2 aromatic carbocycles. The van der Waals surface area contributed by atoms with Crippen LogP contribution in [0.25, 0.3) is 22.6 Å². The van der Waals surface area contributed by atoms with Gasteiger partial charge in [-0.2, -0.15) is 0 Å². The Morgan fingerprint density at radius 3 is 2.70 bits per heavy atom. The topological polar surface area (TPSA) is 52.3 Å². The molecule has 4 nitrogen and oxygen atoms in total. The number of hydrogen-bond donors (Lipinski definition) is 0.